The first-order valence-corrected chi connectivity index (χ1v) is 9.67. The van der Waals surface area contributed by atoms with Gasteiger partial charge in [-0.3, -0.25) is 4.79 Å². The Hall–Kier alpha value is -2.41. The number of nitrogens with zero attached hydrogens (tertiary/aromatic N) is 2. The molecular formula is C19H23N3O3S. The minimum absolute atomic E-state index is 0.0533. The van der Waals surface area contributed by atoms with Crippen molar-refractivity contribution in [1.82, 2.24) is 9.88 Å². The number of para-hydroxylation sites is 1. The molecule has 26 heavy (non-hydrogen) atoms. The number of hydrogen-bond donors (Lipinski definition) is 1. The van der Waals surface area contributed by atoms with E-state index < -0.39 is 5.97 Å². The number of thiazole rings is 1. The van der Waals surface area contributed by atoms with E-state index in [0.29, 0.717) is 30.1 Å². The fourth-order valence-electron chi connectivity index (χ4n) is 3.21. The first-order valence-electron chi connectivity index (χ1n) is 8.79. The molecule has 1 aromatic carbocycles. The standard InChI is InChI=1S/C19H23N3O3S/c1-3-25-19(24)16-11-26-17(21-16)13-9-8-12(2)22(10-13)18(23)14-6-4-5-7-15(14)20/h4-7,11-13H,3,8-10,20H2,1-2H3/t12-,13?/m1/s1. The molecule has 138 valence electrons. The minimum atomic E-state index is -0.399. The zero-order valence-corrected chi connectivity index (χ0v) is 15.8. The molecule has 7 heteroatoms. The summed E-state index contributed by atoms with van der Waals surface area (Å²) >= 11 is 1.45. The van der Waals surface area contributed by atoms with E-state index in [1.165, 1.54) is 11.3 Å². The van der Waals surface area contributed by atoms with Crippen LogP contribution < -0.4 is 5.73 Å². The van der Waals surface area contributed by atoms with Crippen molar-refractivity contribution in [2.24, 2.45) is 0 Å². The summed E-state index contributed by atoms with van der Waals surface area (Å²) in [7, 11) is 0. The highest BCUT2D eigenvalue weighted by atomic mass is 32.1. The number of benzene rings is 1. The van der Waals surface area contributed by atoms with Gasteiger partial charge in [0.25, 0.3) is 5.91 Å². The lowest BCUT2D eigenvalue weighted by atomic mass is 9.93. The Morgan fingerprint density at radius 1 is 1.35 bits per heavy atom. The van der Waals surface area contributed by atoms with Crippen LogP contribution in [0.2, 0.25) is 0 Å². The van der Waals surface area contributed by atoms with Crippen LogP contribution in [0.1, 0.15) is 58.5 Å². The summed E-state index contributed by atoms with van der Waals surface area (Å²) in [5.74, 6) is -0.333. The van der Waals surface area contributed by atoms with Crippen LogP contribution in [-0.4, -0.2) is 41.0 Å². The fourth-order valence-corrected chi connectivity index (χ4v) is 4.13. The fraction of sp³-hybridized carbons (Fsp3) is 0.421. The maximum absolute atomic E-state index is 13.0. The Balaban J connectivity index is 1.77. The van der Waals surface area contributed by atoms with Crippen LogP contribution in [0, 0.1) is 0 Å². The molecule has 0 aliphatic carbocycles. The number of nitrogens with two attached hydrogens (primary N) is 1. The van der Waals surface area contributed by atoms with Crippen LogP contribution in [0.5, 0.6) is 0 Å². The molecule has 2 heterocycles. The Labute approximate surface area is 157 Å². The van der Waals surface area contributed by atoms with Crippen molar-refractivity contribution in [1.29, 1.82) is 0 Å². The number of esters is 1. The van der Waals surface area contributed by atoms with Crippen LogP contribution in [0.4, 0.5) is 5.69 Å². The molecule has 1 amide bonds. The van der Waals surface area contributed by atoms with Gasteiger partial charge in [-0.2, -0.15) is 0 Å². The van der Waals surface area contributed by atoms with Crippen LogP contribution in [0.25, 0.3) is 0 Å². The molecule has 0 spiro atoms. The molecule has 0 radical (unpaired) electrons. The SMILES string of the molecule is CCOC(=O)c1csc(C2CC[C@@H](C)N(C(=O)c3ccccc3N)C2)n1. The predicted molar refractivity (Wildman–Crippen MR) is 101 cm³/mol. The molecule has 1 aliphatic rings. The smallest absolute Gasteiger partial charge is 0.357 e. The Bertz CT molecular complexity index is 805. The number of carbonyl (C=O) groups is 2. The predicted octanol–water partition coefficient (Wildman–Crippen LogP) is 3.31. The van der Waals surface area contributed by atoms with E-state index in [0.717, 1.165) is 17.8 Å². The van der Waals surface area contributed by atoms with Gasteiger partial charge in [-0.05, 0) is 38.8 Å². The monoisotopic (exact) mass is 373 g/mol. The van der Waals surface area contributed by atoms with Crippen molar-refractivity contribution in [3.05, 3.63) is 45.9 Å². The number of hydrogen-bond acceptors (Lipinski definition) is 6. The van der Waals surface area contributed by atoms with Gasteiger partial charge in [0.1, 0.15) is 0 Å². The van der Waals surface area contributed by atoms with Gasteiger partial charge in [0.15, 0.2) is 5.69 Å². The number of carbonyl (C=O) groups excluding carboxylic acids is 2. The second kappa shape index (κ2) is 7.86. The van der Waals surface area contributed by atoms with Gasteiger partial charge in [-0.1, -0.05) is 12.1 Å². The number of rotatable bonds is 4. The van der Waals surface area contributed by atoms with Crippen molar-refractivity contribution in [2.75, 3.05) is 18.9 Å². The van der Waals surface area contributed by atoms with Gasteiger partial charge in [0, 0.05) is 29.6 Å². The molecule has 1 fully saturated rings. The molecule has 1 aromatic heterocycles. The summed E-state index contributed by atoms with van der Waals surface area (Å²) < 4.78 is 5.00. The van der Waals surface area contributed by atoms with Gasteiger partial charge < -0.3 is 15.4 Å². The highest BCUT2D eigenvalue weighted by Crippen LogP contribution is 2.33. The molecule has 0 saturated carbocycles. The Morgan fingerprint density at radius 3 is 2.85 bits per heavy atom. The van der Waals surface area contributed by atoms with E-state index in [1.807, 2.05) is 17.0 Å². The maximum Gasteiger partial charge on any atom is 0.357 e. The van der Waals surface area contributed by atoms with Crippen molar-refractivity contribution < 1.29 is 14.3 Å². The van der Waals surface area contributed by atoms with Crippen molar-refractivity contribution >= 4 is 28.9 Å². The number of likely N-dealkylation sites (tertiary alicyclic amines) is 1. The molecule has 0 bridgehead atoms. The van der Waals surface area contributed by atoms with Crippen molar-refractivity contribution in [3.8, 4) is 0 Å². The van der Waals surface area contributed by atoms with Crippen molar-refractivity contribution in [2.45, 2.75) is 38.6 Å². The first kappa shape index (κ1) is 18.4. The lowest BCUT2D eigenvalue weighted by Gasteiger charge is -2.37. The zero-order valence-electron chi connectivity index (χ0n) is 15.0. The lowest BCUT2D eigenvalue weighted by molar-refractivity contribution is 0.0517. The van der Waals surface area contributed by atoms with E-state index in [2.05, 4.69) is 11.9 Å². The van der Waals surface area contributed by atoms with Gasteiger partial charge >= 0.3 is 5.97 Å². The third kappa shape index (κ3) is 3.72. The number of ether oxygens (including phenoxy) is 1. The van der Waals surface area contributed by atoms with E-state index in [4.69, 9.17) is 10.5 Å². The van der Waals surface area contributed by atoms with Crippen LogP contribution in [0.3, 0.4) is 0 Å². The van der Waals surface area contributed by atoms with E-state index in [-0.39, 0.29) is 17.9 Å². The Kier molecular flexibility index (Phi) is 5.56. The van der Waals surface area contributed by atoms with Gasteiger partial charge in [-0.15, -0.1) is 11.3 Å². The largest absolute Gasteiger partial charge is 0.461 e. The molecule has 6 nitrogen and oxygen atoms in total. The van der Waals surface area contributed by atoms with E-state index in [9.17, 15) is 9.59 Å². The van der Waals surface area contributed by atoms with Gasteiger partial charge in [-0.25, -0.2) is 9.78 Å². The number of piperidine rings is 1. The van der Waals surface area contributed by atoms with E-state index >= 15 is 0 Å². The molecule has 2 aromatic rings. The topological polar surface area (TPSA) is 85.5 Å². The van der Waals surface area contributed by atoms with Gasteiger partial charge in [0.2, 0.25) is 0 Å². The summed E-state index contributed by atoms with van der Waals surface area (Å²) in [6, 6.07) is 7.29. The Morgan fingerprint density at radius 2 is 2.12 bits per heavy atom. The molecule has 1 saturated heterocycles. The van der Waals surface area contributed by atoms with Gasteiger partial charge in [0.05, 0.1) is 17.2 Å². The third-order valence-electron chi connectivity index (χ3n) is 4.69. The summed E-state index contributed by atoms with van der Waals surface area (Å²) in [5.41, 5.74) is 7.34. The molecular weight excluding hydrogens is 350 g/mol. The van der Waals surface area contributed by atoms with Crippen molar-refractivity contribution in [3.63, 3.8) is 0 Å². The second-order valence-corrected chi connectivity index (χ2v) is 7.35. The summed E-state index contributed by atoms with van der Waals surface area (Å²) in [6.45, 7) is 4.73. The first-order chi connectivity index (χ1) is 12.5. The zero-order chi connectivity index (χ0) is 18.7. The molecule has 1 unspecified atom stereocenters. The van der Waals surface area contributed by atoms with Crippen LogP contribution in [0.15, 0.2) is 29.6 Å². The quantitative estimate of drug-likeness (QED) is 0.656. The number of anilines is 1. The molecule has 1 aliphatic heterocycles. The molecule has 2 N–H and O–H groups in total. The second-order valence-electron chi connectivity index (χ2n) is 6.46. The lowest BCUT2D eigenvalue weighted by Crippen LogP contribution is -2.45. The van der Waals surface area contributed by atoms with Crippen LogP contribution >= 0.6 is 11.3 Å². The third-order valence-corrected chi connectivity index (χ3v) is 5.70. The summed E-state index contributed by atoms with van der Waals surface area (Å²) in [6.07, 6.45) is 1.82. The summed E-state index contributed by atoms with van der Waals surface area (Å²) in [5, 5.41) is 2.60. The summed E-state index contributed by atoms with van der Waals surface area (Å²) in [4.78, 5) is 31.1. The maximum atomic E-state index is 13.0. The number of aromatic nitrogens is 1. The number of amides is 1. The van der Waals surface area contributed by atoms with Crippen LogP contribution in [-0.2, 0) is 4.74 Å². The highest BCUT2D eigenvalue weighted by molar-refractivity contribution is 7.09. The number of nitrogen functional groups attached to an aromatic ring is 1. The average molecular weight is 373 g/mol. The average Bonchev–Trinajstić information content (AvgIpc) is 3.12. The van der Waals surface area contributed by atoms with E-state index in [1.54, 1.807) is 24.4 Å². The normalized spacial score (nSPS) is 20.0. The molecule has 2 atom stereocenters. The highest BCUT2D eigenvalue weighted by Gasteiger charge is 2.32. The minimum Gasteiger partial charge on any atom is -0.461 e. The molecule has 3 rings (SSSR count).